The van der Waals surface area contributed by atoms with E-state index in [2.05, 4.69) is 24.1 Å². The molecular formula is C12H19ClN2. The van der Waals surface area contributed by atoms with Crippen LogP contribution in [0.25, 0.3) is 0 Å². The summed E-state index contributed by atoms with van der Waals surface area (Å²) < 4.78 is 0. The second kappa shape index (κ2) is 5.96. The molecule has 1 aromatic heterocycles. The first kappa shape index (κ1) is 12.3. The van der Waals surface area contributed by atoms with Crippen LogP contribution in [0.4, 0.5) is 5.82 Å². The lowest BCUT2D eigenvalue weighted by atomic mass is 10.1. The van der Waals surface area contributed by atoms with E-state index in [1.54, 1.807) is 0 Å². The number of aryl methyl sites for hydroxylation is 1. The van der Waals surface area contributed by atoms with Gasteiger partial charge in [0, 0.05) is 12.2 Å². The number of rotatable bonds is 5. The number of nitrogens with one attached hydrogen (secondary N) is 1. The van der Waals surface area contributed by atoms with E-state index in [1.807, 2.05) is 25.1 Å². The highest BCUT2D eigenvalue weighted by molar-refractivity contribution is 6.20. The van der Waals surface area contributed by atoms with E-state index in [9.17, 15) is 0 Å². The minimum atomic E-state index is 0.173. The van der Waals surface area contributed by atoms with Crippen molar-refractivity contribution in [2.24, 2.45) is 5.92 Å². The fourth-order valence-electron chi connectivity index (χ4n) is 1.45. The van der Waals surface area contributed by atoms with Crippen molar-refractivity contribution in [1.29, 1.82) is 0 Å². The topological polar surface area (TPSA) is 24.9 Å². The molecule has 1 atom stereocenters. The standard InChI is InChI=1S/C12H19ClN2/c1-9(2)7-11(13)8-14-12-6-4-5-10(3)15-12/h4-6,9,11H,7-8H2,1-3H3,(H,14,15). The van der Waals surface area contributed by atoms with Crippen LogP contribution in [0.2, 0.25) is 0 Å². The highest BCUT2D eigenvalue weighted by Crippen LogP contribution is 2.12. The number of anilines is 1. The van der Waals surface area contributed by atoms with Gasteiger partial charge in [0.2, 0.25) is 0 Å². The SMILES string of the molecule is Cc1cccc(NCC(Cl)CC(C)C)n1. The van der Waals surface area contributed by atoms with Crippen LogP contribution < -0.4 is 5.32 Å². The van der Waals surface area contributed by atoms with Crippen molar-refractivity contribution in [1.82, 2.24) is 4.98 Å². The maximum atomic E-state index is 6.18. The predicted octanol–water partition coefficient (Wildman–Crippen LogP) is 3.46. The highest BCUT2D eigenvalue weighted by Gasteiger charge is 2.06. The Labute approximate surface area is 97.1 Å². The molecule has 0 bridgehead atoms. The van der Waals surface area contributed by atoms with E-state index < -0.39 is 0 Å². The molecule has 0 aliphatic rings. The van der Waals surface area contributed by atoms with E-state index in [0.29, 0.717) is 5.92 Å². The molecule has 0 aliphatic carbocycles. The largest absolute Gasteiger partial charge is 0.369 e. The Morgan fingerprint density at radius 2 is 2.13 bits per heavy atom. The summed E-state index contributed by atoms with van der Waals surface area (Å²) >= 11 is 6.18. The van der Waals surface area contributed by atoms with Crippen molar-refractivity contribution < 1.29 is 0 Å². The molecule has 0 spiro atoms. The molecule has 15 heavy (non-hydrogen) atoms. The number of hydrogen-bond donors (Lipinski definition) is 1. The van der Waals surface area contributed by atoms with Gasteiger partial charge in [-0.1, -0.05) is 19.9 Å². The van der Waals surface area contributed by atoms with Crippen molar-refractivity contribution in [3.63, 3.8) is 0 Å². The van der Waals surface area contributed by atoms with Gasteiger partial charge >= 0.3 is 0 Å². The van der Waals surface area contributed by atoms with Crippen molar-refractivity contribution in [2.75, 3.05) is 11.9 Å². The average molecular weight is 227 g/mol. The van der Waals surface area contributed by atoms with Crippen LogP contribution in [0.1, 0.15) is 26.0 Å². The molecule has 1 aromatic rings. The molecule has 1 unspecified atom stereocenters. The number of aromatic nitrogens is 1. The zero-order chi connectivity index (χ0) is 11.3. The maximum absolute atomic E-state index is 6.18. The second-order valence-electron chi connectivity index (χ2n) is 4.27. The van der Waals surface area contributed by atoms with Crippen LogP contribution in [0, 0.1) is 12.8 Å². The van der Waals surface area contributed by atoms with E-state index in [0.717, 1.165) is 24.5 Å². The fourth-order valence-corrected chi connectivity index (χ4v) is 1.89. The molecule has 0 saturated heterocycles. The first-order valence-corrected chi connectivity index (χ1v) is 5.83. The molecule has 1 N–H and O–H groups in total. The Kier molecular flexibility index (Phi) is 4.89. The summed E-state index contributed by atoms with van der Waals surface area (Å²) in [5.41, 5.74) is 1.02. The van der Waals surface area contributed by atoms with Gasteiger partial charge in [0.15, 0.2) is 0 Å². The highest BCUT2D eigenvalue weighted by atomic mass is 35.5. The number of nitrogens with zero attached hydrogens (tertiary/aromatic N) is 1. The minimum absolute atomic E-state index is 0.173. The molecule has 0 saturated carbocycles. The minimum Gasteiger partial charge on any atom is -0.369 e. The second-order valence-corrected chi connectivity index (χ2v) is 4.89. The Bertz CT molecular complexity index is 299. The van der Waals surface area contributed by atoms with Gasteiger partial charge in [0.25, 0.3) is 0 Å². The van der Waals surface area contributed by atoms with Crippen LogP contribution in [0.5, 0.6) is 0 Å². The summed E-state index contributed by atoms with van der Waals surface area (Å²) in [5, 5.41) is 3.42. The van der Waals surface area contributed by atoms with Gasteiger partial charge < -0.3 is 5.32 Å². The molecule has 0 aliphatic heterocycles. The van der Waals surface area contributed by atoms with Gasteiger partial charge in [-0.3, -0.25) is 0 Å². The smallest absolute Gasteiger partial charge is 0.126 e. The van der Waals surface area contributed by atoms with Gasteiger partial charge in [-0.2, -0.15) is 0 Å². The lowest BCUT2D eigenvalue weighted by Crippen LogP contribution is -2.16. The summed E-state index contributed by atoms with van der Waals surface area (Å²) in [7, 11) is 0. The number of alkyl halides is 1. The van der Waals surface area contributed by atoms with Crippen molar-refractivity contribution in [2.45, 2.75) is 32.6 Å². The maximum Gasteiger partial charge on any atom is 0.126 e. The number of hydrogen-bond acceptors (Lipinski definition) is 2. The molecular weight excluding hydrogens is 208 g/mol. The monoisotopic (exact) mass is 226 g/mol. The number of halogens is 1. The summed E-state index contributed by atoms with van der Waals surface area (Å²) in [5.74, 6) is 1.55. The van der Waals surface area contributed by atoms with Crippen LogP contribution in [0.15, 0.2) is 18.2 Å². The summed E-state index contributed by atoms with van der Waals surface area (Å²) in [6.07, 6.45) is 1.03. The van der Waals surface area contributed by atoms with Gasteiger partial charge in [0.05, 0.1) is 5.38 Å². The molecule has 3 heteroatoms. The Balaban J connectivity index is 2.36. The Morgan fingerprint density at radius 3 is 2.73 bits per heavy atom. The molecule has 1 rings (SSSR count). The lowest BCUT2D eigenvalue weighted by molar-refractivity contribution is 0.572. The van der Waals surface area contributed by atoms with Gasteiger partial charge in [-0.25, -0.2) is 4.98 Å². The summed E-state index contributed by atoms with van der Waals surface area (Å²) in [6.45, 7) is 7.12. The first-order chi connectivity index (χ1) is 7.08. The molecule has 0 fully saturated rings. The third kappa shape index (κ3) is 5.03. The zero-order valence-electron chi connectivity index (χ0n) is 9.63. The van der Waals surface area contributed by atoms with Crippen LogP contribution in [-0.2, 0) is 0 Å². The third-order valence-electron chi connectivity index (χ3n) is 2.12. The Morgan fingerprint density at radius 1 is 1.40 bits per heavy atom. The zero-order valence-corrected chi connectivity index (χ0v) is 10.4. The Hall–Kier alpha value is -0.760. The van der Waals surface area contributed by atoms with Crippen LogP contribution >= 0.6 is 11.6 Å². The van der Waals surface area contributed by atoms with Gasteiger partial charge in [-0.05, 0) is 31.4 Å². The van der Waals surface area contributed by atoms with E-state index in [1.165, 1.54) is 0 Å². The average Bonchev–Trinajstić information content (AvgIpc) is 2.14. The van der Waals surface area contributed by atoms with E-state index in [4.69, 9.17) is 11.6 Å². The van der Waals surface area contributed by atoms with Crippen LogP contribution in [-0.4, -0.2) is 16.9 Å². The van der Waals surface area contributed by atoms with E-state index >= 15 is 0 Å². The molecule has 0 aromatic carbocycles. The molecule has 0 radical (unpaired) electrons. The third-order valence-corrected chi connectivity index (χ3v) is 2.45. The lowest BCUT2D eigenvalue weighted by Gasteiger charge is -2.13. The van der Waals surface area contributed by atoms with E-state index in [-0.39, 0.29) is 5.38 Å². The van der Waals surface area contributed by atoms with Gasteiger partial charge in [-0.15, -0.1) is 11.6 Å². The molecule has 2 nitrogen and oxygen atoms in total. The molecule has 84 valence electrons. The van der Waals surface area contributed by atoms with Gasteiger partial charge in [0.1, 0.15) is 5.82 Å². The molecule has 1 heterocycles. The van der Waals surface area contributed by atoms with Crippen molar-refractivity contribution in [3.05, 3.63) is 23.9 Å². The quantitative estimate of drug-likeness (QED) is 0.778. The predicted molar refractivity (Wildman–Crippen MR) is 66.6 cm³/mol. The van der Waals surface area contributed by atoms with Crippen molar-refractivity contribution in [3.8, 4) is 0 Å². The fraction of sp³-hybridized carbons (Fsp3) is 0.583. The van der Waals surface area contributed by atoms with Crippen molar-refractivity contribution >= 4 is 17.4 Å². The normalized spacial score (nSPS) is 12.9. The summed E-state index contributed by atoms with van der Waals surface area (Å²) in [6, 6.07) is 5.94. The van der Waals surface area contributed by atoms with Crippen LogP contribution in [0.3, 0.4) is 0 Å². The first-order valence-electron chi connectivity index (χ1n) is 5.39. The summed E-state index contributed by atoms with van der Waals surface area (Å²) in [4.78, 5) is 4.35. The molecule has 0 amide bonds. The number of pyridine rings is 1.